The number of nitrogens with one attached hydrogen (secondary N) is 2. The lowest BCUT2D eigenvalue weighted by Crippen LogP contribution is -2.38. The number of carbonyl (C=O) groups is 1. The number of carbonyl (C=O) groups excluding carboxylic acids is 1. The molecule has 1 aliphatic rings. The molecule has 1 fully saturated rings. The van der Waals surface area contributed by atoms with E-state index < -0.39 is 0 Å². The molecule has 1 amide bonds. The van der Waals surface area contributed by atoms with Gasteiger partial charge in [-0.15, -0.1) is 0 Å². The predicted molar refractivity (Wildman–Crippen MR) is 65.5 cm³/mol. The van der Waals surface area contributed by atoms with Crippen molar-refractivity contribution in [2.75, 3.05) is 19.6 Å². The first kappa shape index (κ1) is 12.1. The third kappa shape index (κ3) is 3.56. The van der Waals surface area contributed by atoms with Gasteiger partial charge < -0.3 is 10.6 Å². The van der Waals surface area contributed by atoms with Crippen LogP contribution in [0, 0.1) is 5.92 Å². The Hall–Kier alpha value is -1.36. The van der Waals surface area contributed by atoms with E-state index in [1.165, 1.54) is 0 Å². The van der Waals surface area contributed by atoms with Crippen molar-refractivity contribution in [1.82, 2.24) is 20.4 Å². The largest absolute Gasteiger partial charge is 0.356 e. The quantitative estimate of drug-likeness (QED) is 0.778. The second-order valence-electron chi connectivity index (χ2n) is 4.59. The molecule has 0 unspecified atom stereocenters. The topological polar surface area (TPSA) is 59.0 Å². The number of piperidine rings is 1. The summed E-state index contributed by atoms with van der Waals surface area (Å²) in [6.07, 6.45) is 6.59. The lowest BCUT2D eigenvalue weighted by molar-refractivity contribution is -0.125. The van der Waals surface area contributed by atoms with Gasteiger partial charge in [0.2, 0.25) is 5.91 Å². The molecular formula is C12H20N4O. The molecule has 17 heavy (non-hydrogen) atoms. The molecule has 5 nitrogen and oxygen atoms in total. The van der Waals surface area contributed by atoms with Crippen LogP contribution in [0.4, 0.5) is 0 Å². The van der Waals surface area contributed by atoms with Crippen molar-refractivity contribution in [3.8, 4) is 0 Å². The summed E-state index contributed by atoms with van der Waals surface area (Å²) < 4.78 is 1.78. The van der Waals surface area contributed by atoms with Crippen molar-refractivity contribution in [1.29, 1.82) is 0 Å². The number of hydrogen-bond acceptors (Lipinski definition) is 3. The fourth-order valence-electron chi connectivity index (χ4n) is 2.16. The number of amides is 1. The van der Waals surface area contributed by atoms with E-state index in [-0.39, 0.29) is 11.8 Å². The second kappa shape index (κ2) is 5.82. The molecule has 0 aliphatic carbocycles. The number of nitrogens with zero attached hydrogens (tertiary/aromatic N) is 2. The first-order valence-corrected chi connectivity index (χ1v) is 6.21. The summed E-state index contributed by atoms with van der Waals surface area (Å²) in [5.74, 6) is 0.403. The molecule has 94 valence electrons. The number of rotatable bonds is 4. The van der Waals surface area contributed by atoms with E-state index in [1.807, 2.05) is 19.4 Å². The van der Waals surface area contributed by atoms with Crippen LogP contribution in [0.5, 0.6) is 0 Å². The second-order valence-corrected chi connectivity index (χ2v) is 4.59. The summed E-state index contributed by atoms with van der Waals surface area (Å²) in [5.41, 5.74) is 1.16. The molecule has 0 saturated carbocycles. The van der Waals surface area contributed by atoms with E-state index >= 15 is 0 Å². The van der Waals surface area contributed by atoms with Crippen LogP contribution < -0.4 is 10.6 Å². The molecule has 2 heterocycles. The van der Waals surface area contributed by atoms with Gasteiger partial charge in [-0.05, 0) is 37.9 Å². The van der Waals surface area contributed by atoms with Crippen LogP contribution in [0.15, 0.2) is 12.4 Å². The van der Waals surface area contributed by atoms with Crippen molar-refractivity contribution in [2.24, 2.45) is 13.0 Å². The minimum absolute atomic E-state index is 0.199. The summed E-state index contributed by atoms with van der Waals surface area (Å²) in [7, 11) is 1.90. The molecule has 0 radical (unpaired) electrons. The molecule has 2 N–H and O–H groups in total. The van der Waals surface area contributed by atoms with Crippen molar-refractivity contribution in [2.45, 2.75) is 19.3 Å². The van der Waals surface area contributed by atoms with Crippen LogP contribution in [0.2, 0.25) is 0 Å². The van der Waals surface area contributed by atoms with Crippen LogP contribution in [0.1, 0.15) is 18.4 Å². The molecule has 1 aliphatic heterocycles. The fraction of sp³-hybridized carbons (Fsp3) is 0.667. The van der Waals surface area contributed by atoms with Crippen molar-refractivity contribution in [3.63, 3.8) is 0 Å². The molecule has 5 heteroatoms. The highest BCUT2D eigenvalue weighted by Crippen LogP contribution is 2.11. The highest BCUT2D eigenvalue weighted by atomic mass is 16.1. The van der Waals surface area contributed by atoms with Gasteiger partial charge in [-0.3, -0.25) is 9.48 Å². The zero-order chi connectivity index (χ0) is 12.1. The Morgan fingerprint density at radius 1 is 1.59 bits per heavy atom. The highest BCUT2D eigenvalue weighted by Gasteiger charge is 2.20. The van der Waals surface area contributed by atoms with Gasteiger partial charge in [-0.1, -0.05) is 0 Å². The Bertz CT molecular complexity index is 368. The SMILES string of the molecule is Cn1cc(CCNC(=O)C2CCNCC2)cn1. The normalized spacial score (nSPS) is 17.0. The Labute approximate surface area is 102 Å². The zero-order valence-electron chi connectivity index (χ0n) is 10.3. The average molecular weight is 236 g/mol. The maximum absolute atomic E-state index is 11.8. The van der Waals surface area contributed by atoms with E-state index in [2.05, 4.69) is 15.7 Å². The summed E-state index contributed by atoms with van der Waals surface area (Å²) in [6, 6.07) is 0. The van der Waals surface area contributed by atoms with Crippen LogP contribution in [0.25, 0.3) is 0 Å². The van der Waals surface area contributed by atoms with E-state index in [0.717, 1.165) is 37.9 Å². The average Bonchev–Trinajstić information content (AvgIpc) is 2.76. The van der Waals surface area contributed by atoms with E-state index in [0.29, 0.717) is 6.54 Å². The van der Waals surface area contributed by atoms with Gasteiger partial charge >= 0.3 is 0 Å². The fourth-order valence-corrected chi connectivity index (χ4v) is 2.16. The Morgan fingerprint density at radius 2 is 2.35 bits per heavy atom. The predicted octanol–water partition coefficient (Wildman–Crippen LogP) is 0.0784. The van der Waals surface area contributed by atoms with E-state index in [9.17, 15) is 4.79 Å². The molecule has 0 bridgehead atoms. The van der Waals surface area contributed by atoms with Crippen LogP contribution >= 0.6 is 0 Å². The Morgan fingerprint density at radius 3 is 3.00 bits per heavy atom. The number of hydrogen-bond donors (Lipinski definition) is 2. The highest BCUT2D eigenvalue weighted by molar-refractivity contribution is 5.78. The molecule has 1 saturated heterocycles. The van der Waals surface area contributed by atoms with Crippen LogP contribution in [-0.4, -0.2) is 35.3 Å². The van der Waals surface area contributed by atoms with Crippen molar-refractivity contribution in [3.05, 3.63) is 18.0 Å². The summed E-state index contributed by atoms with van der Waals surface area (Å²) >= 11 is 0. The molecule has 2 rings (SSSR count). The summed E-state index contributed by atoms with van der Waals surface area (Å²) in [5, 5.41) is 10.4. The Balaban J connectivity index is 1.69. The third-order valence-corrected chi connectivity index (χ3v) is 3.18. The zero-order valence-corrected chi connectivity index (χ0v) is 10.3. The smallest absolute Gasteiger partial charge is 0.223 e. The van der Waals surface area contributed by atoms with E-state index in [1.54, 1.807) is 4.68 Å². The lowest BCUT2D eigenvalue weighted by Gasteiger charge is -2.21. The van der Waals surface area contributed by atoms with Gasteiger partial charge in [-0.2, -0.15) is 5.10 Å². The van der Waals surface area contributed by atoms with Gasteiger partial charge in [0.15, 0.2) is 0 Å². The van der Waals surface area contributed by atoms with E-state index in [4.69, 9.17) is 0 Å². The summed E-state index contributed by atoms with van der Waals surface area (Å²) in [4.78, 5) is 11.8. The molecule has 0 spiro atoms. The van der Waals surface area contributed by atoms with Crippen molar-refractivity contribution >= 4 is 5.91 Å². The molecular weight excluding hydrogens is 216 g/mol. The first-order valence-electron chi connectivity index (χ1n) is 6.21. The minimum Gasteiger partial charge on any atom is -0.356 e. The molecule has 0 atom stereocenters. The van der Waals surface area contributed by atoms with Crippen molar-refractivity contribution < 1.29 is 4.79 Å². The minimum atomic E-state index is 0.199. The Kier molecular flexibility index (Phi) is 4.14. The standard InChI is InChI=1S/C12H20N4O/c1-16-9-10(8-15-16)2-7-14-12(17)11-3-5-13-6-4-11/h8-9,11,13H,2-7H2,1H3,(H,14,17). The monoisotopic (exact) mass is 236 g/mol. The van der Waals surface area contributed by atoms with Gasteiger partial charge in [0.05, 0.1) is 6.20 Å². The molecule has 0 aromatic carbocycles. The van der Waals surface area contributed by atoms with Crippen LogP contribution in [0.3, 0.4) is 0 Å². The van der Waals surface area contributed by atoms with Gasteiger partial charge in [-0.25, -0.2) is 0 Å². The number of aryl methyl sites for hydroxylation is 1. The maximum Gasteiger partial charge on any atom is 0.223 e. The third-order valence-electron chi connectivity index (χ3n) is 3.18. The summed E-state index contributed by atoms with van der Waals surface area (Å²) in [6.45, 7) is 2.62. The van der Waals surface area contributed by atoms with Crippen LogP contribution in [-0.2, 0) is 18.3 Å². The molecule has 1 aromatic rings. The maximum atomic E-state index is 11.8. The van der Waals surface area contributed by atoms with Gasteiger partial charge in [0.1, 0.15) is 0 Å². The molecule has 1 aromatic heterocycles. The lowest BCUT2D eigenvalue weighted by atomic mass is 9.97. The van der Waals surface area contributed by atoms with Gasteiger partial charge in [0.25, 0.3) is 0 Å². The number of aromatic nitrogens is 2. The van der Waals surface area contributed by atoms with Gasteiger partial charge in [0, 0.05) is 25.7 Å². The first-order chi connectivity index (χ1) is 8.25.